The van der Waals surface area contributed by atoms with Crippen LogP contribution in [0.1, 0.15) is 38.6 Å². The Kier molecular flexibility index (Phi) is 7.89. The molecule has 0 radical (unpaired) electrons. The summed E-state index contributed by atoms with van der Waals surface area (Å²) < 4.78 is 20.8. The summed E-state index contributed by atoms with van der Waals surface area (Å²) in [6.07, 6.45) is -1.46. The monoisotopic (exact) mass is 537 g/mol. The van der Waals surface area contributed by atoms with Crippen molar-refractivity contribution in [2.45, 2.75) is 58.8 Å². The fourth-order valence-corrected chi connectivity index (χ4v) is 4.27. The summed E-state index contributed by atoms with van der Waals surface area (Å²) in [6, 6.07) is 12.5. The summed E-state index contributed by atoms with van der Waals surface area (Å²) in [5.74, 6) is -0.883. The van der Waals surface area contributed by atoms with Crippen LogP contribution in [0, 0.1) is 12.7 Å². The largest absolute Gasteiger partial charge is 0.481 e. The molecular weight excluding hydrogens is 505 g/mol. The first kappa shape index (κ1) is 27.6. The number of carbonyl (C=O) groups excluding carboxylic acids is 2. The lowest BCUT2D eigenvalue weighted by atomic mass is 10.1. The van der Waals surface area contributed by atoms with Gasteiger partial charge in [0.1, 0.15) is 34.8 Å². The van der Waals surface area contributed by atoms with Gasteiger partial charge >= 0.3 is 12.1 Å². The van der Waals surface area contributed by atoms with Crippen molar-refractivity contribution in [2.75, 3.05) is 11.9 Å². The average molecular weight is 538 g/mol. The van der Waals surface area contributed by atoms with E-state index >= 15 is 0 Å². The van der Waals surface area contributed by atoms with Crippen LogP contribution in [-0.2, 0) is 27.4 Å². The van der Waals surface area contributed by atoms with Gasteiger partial charge in [-0.15, -0.1) is 0 Å². The van der Waals surface area contributed by atoms with Gasteiger partial charge in [0.2, 0.25) is 5.91 Å². The lowest BCUT2D eigenvalue weighted by molar-refractivity contribution is -0.143. The summed E-state index contributed by atoms with van der Waals surface area (Å²) in [6.45, 7) is 7.74. The predicted octanol–water partition coefficient (Wildman–Crippen LogP) is 4.45. The summed E-state index contributed by atoms with van der Waals surface area (Å²) in [7, 11) is 0. The number of aliphatic carboxylic acids is 1. The highest BCUT2D eigenvalue weighted by atomic mass is 19.1. The van der Waals surface area contributed by atoms with E-state index < -0.39 is 36.0 Å². The van der Waals surface area contributed by atoms with Crippen molar-refractivity contribution in [1.82, 2.24) is 19.8 Å². The molecule has 11 heteroatoms. The van der Waals surface area contributed by atoms with Gasteiger partial charge in [-0.05, 0) is 64.1 Å². The van der Waals surface area contributed by atoms with E-state index in [9.17, 15) is 23.9 Å². The topological polar surface area (TPSA) is 126 Å². The molecule has 0 saturated carbocycles. The highest BCUT2D eigenvalue weighted by Crippen LogP contribution is 2.33. The average Bonchev–Trinajstić information content (AvgIpc) is 3.21. The molecule has 0 aliphatic carbocycles. The molecular formula is C28H32FN5O5. The Morgan fingerprint density at radius 3 is 2.36 bits per heavy atom. The number of amides is 2. The second-order valence-electron chi connectivity index (χ2n) is 10.4. The smallest absolute Gasteiger partial charge is 0.408 e. The van der Waals surface area contributed by atoms with Crippen molar-refractivity contribution in [3.05, 3.63) is 65.7 Å². The number of anilines is 2. The highest BCUT2D eigenvalue weighted by Gasteiger charge is 2.33. The van der Waals surface area contributed by atoms with Crippen molar-refractivity contribution in [1.29, 1.82) is 0 Å². The second-order valence-corrected chi connectivity index (χ2v) is 10.4. The number of halogens is 1. The first-order valence-corrected chi connectivity index (χ1v) is 12.6. The van der Waals surface area contributed by atoms with E-state index in [1.165, 1.54) is 17.0 Å². The standard InChI is InChI=1S/C28H32FN5O5/c1-17-5-11-20(12-6-17)30-25-24(18-7-9-19(29)10-8-18)32-22-16-33(13-14-34(22)25)26(37)21(15-23(35)36)31-27(38)39-28(2,3)4/h5-12,21,30H,13-16H2,1-4H3,(H,31,38)(H,35,36)/t21-/m0/s1. The molecule has 2 amide bonds. The van der Waals surface area contributed by atoms with E-state index in [2.05, 4.69) is 10.6 Å². The van der Waals surface area contributed by atoms with Gasteiger partial charge in [0.05, 0.1) is 13.0 Å². The Balaban J connectivity index is 1.62. The zero-order valence-corrected chi connectivity index (χ0v) is 22.3. The number of rotatable bonds is 7. The van der Waals surface area contributed by atoms with E-state index in [-0.39, 0.29) is 18.9 Å². The van der Waals surface area contributed by atoms with Crippen LogP contribution in [0.3, 0.4) is 0 Å². The van der Waals surface area contributed by atoms with Gasteiger partial charge in [-0.1, -0.05) is 17.7 Å². The molecule has 3 N–H and O–H groups in total. The van der Waals surface area contributed by atoms with Gasteiger partial charge in [-0.25, -0.2) is 14.2 Å². The van der Waals surface area contributed by atoms with Crippen LogP contribution in [0.15, 0.2) is 48.5 Å². The van der Waals surface area contributed by atoms with Crippen molar-refractivity contribution < 1.29 is 28.6 Å². The molecule has 0 saturated heterocycles. The van der Waals surface area contributed by atoms with Crippen LogP contribution in [0.4, 0.5) is 20.7 Å². The minimum Gasteiger partial charge on any atom is -0.481 e. The van der Waals surface area contributed by atoms with Gasteiger partial charge < -0.3 is 29.9 Å². The molecule has 1 atom stereocenters. The predicted molar refractivity (Wildman–Crippen MR) is 143 cm³/mol. The molecule has 206 valence electrons. The number of nitrogens with zero attached hydrogens (tertiary/aromatic N) is 3. The summed E-state index contributed by atoms with van der Waals surface area (Å²) in [5, 5.41) is 15.2. The number of fused-ring (bicyclic) bond motifs is 1. The first-order valence-electron chi connectivity index (χ1n) is 12.6. The first-order chi connectivity index (χ1) is 18.4. The molecule has 2 heterocycles. The molecule has 4 rings (SSSR count). The highest BCUT2D eigenvalue weighted by molar-refractivity contribution is 5.89. The SMILES string of the molecule is Cc1ccc(Nc2c(-c3ccc(F)cc3)nc3n2CCN(C(=O)[C@H](CC(=O)O)NC(=O)OC(C)(C)C)C3)cc1. The van der Waals surface area contributed by atoms with Gasteiger partial charge in [0, 0.05) is 24.3 Å². The Labute approximate surface area is 225 Å². The van der Waals surface area contributed by atoms with Crippen LogP contribution in [0.5, 0.6) is 0 Å². The zero-order chi connectivity index (χ0) is 28.3. The Morgan fingerprint density at radius 2 is 1.74 bits per heavy atom. The molecule has 3 aromatic rings. The van der Waals surface area contributed by atoms with E-state index in [1.54, 1.807) is 32.9 Å². The minimum absolute atomic E-state index is 0.0920. The summed E-state index contributed by atoms with van der Waals surface area (Å²) >= 11 is 0. The molecule has 2 aromatic carbocycles. The van der Waals surface area contributed by atoms with Crippen LogP contribution >= 0.6 is 0 Å². The molecule has 1 aliphatic rings. The normalized spacial score (nSPS) is 13.8. The number of carbonyl (C=O) groups is 3. The number of aryl methyl sites for hydroxylation is 1. The van der Waals surface area contributed by atoms with Gasteiger partial charge in [0.15, 0.2) is 0 Å². The number of nitrogens with one attached hydrogen (secondary N) is 2. The molecule has 0 bridgehead atoms. The molecule has 0 unspecified atom stereocenters. The van der Waals surface area contributed by atoms with Gasteiger partial charge in [-0.3, -0.25) is 9.59 Å². The maximum Gasteiger partial charge on any atom is 0.408 e. The molecule has 39 heavy (non-hydrogen) atoms. The molecule has 0 fully saturated rings. The number of carboxylic acid groups (broad SMARTS) is 1. The van der Waals surface area contributed by atoms with Crippen molar-refractivity contribution in [2.24, 2.45) is 0 Å². The van der Waals surface area contributed by atoms with E-state index in [4.69, 9.17) is 9.72 Å². The van der Waals surface area contributed by atoms with Crippen LogP contribution < -0.4 is 10.6 Å². The number of carboxylic acids is 1. The van der Waals surface area contributed by atoms with E-state index in [1.807, 2.05) is 35.8 Å². The molecule has 10 nitrogen and oxygen atoms in total. The number of hydrogen-bond acceptors (Lipinski definition) is 6. The number of imidazole rings is 1. The molecule has 1 aromatic heterocycles. The third-order valence-electron chi connectivity index (χ3n) is 6.08. The number of alkyl carbamates (subject to hydrolysis) is 1. The third kappa shape index (κ3) is 6.92. The molecule has 0 spiro atoms. The summed E-state index contributed by atoms with van der Waals surface area (Å²) in [5.41, 5.74) is 2.43. The van der Waals surface area contributed by atoms with Crippen molar-refractivity contribution >= 4 is 29.5 Å². The van der Waals surface area contributed by atoms with Gasteiger partial charge in [0.25, 0.3) is 0 Å². The lowest BCUT2D eigenvalue weighted by Gasteiger charge is -2.31. The van der Waals surface area contributed by atoms with E-state index in [0.29, 0.717) is 29.4 Å². The Hall–Kier alpha value is -4.41. The van der Waals surface area contributed by atoms with Gasteiger partial charge in [-0.2, -0.15) is 0 Å². The number of benzene rings is 2. The quantitative estimate of drug-likeness (QED) is 0.407. The van der Waals surface area contributed by atoms with Crippen LogP contribution in [0.2, 0.25) is 0 Å². The number of ether oxygens (including phenoxy) is 1. The number of aromatic nitrogens is 2. The fraction of sp³-hybridized carbons (Fsp3) is 0.357. The lowest BCUT2D eigenvalue weighted by Crippen LogP contribution is -2.52. The second kappa shape index (κ2) is 11.1. The van der Waals surface area contributed by atoms with Crippen molar-refractivity contribution in [3.63, 3.8) is 0 Å². The van der Waals surface area contributed by atoms with E-state index in [0.717, 1.165) is 11.3 Å². The molecule has 1 aliphatic heterocycles. The summed E-state index contributed by atoms with van der Waals surface area (Å²) in [4.78, 5) is 43.4. The minimum atomic E-state index is -1.31. The Bertz CT molecular complexity index is 1360. The fourth-order valence-electron chi connectivity index (χ4n) is 4.27. The van der Waals surface area contributed by atoms with Crippen molar-refractivity contribution in [3.8, 4) is 11.3 Å². The third-order valence-corrected chi connectivity index (χ3v) is 6.08. The van der Waals surface area contributed by atoms with Crippen LogP contribution in [0.25, 0.3) is 11.3 Å². The Morgan fingerprint density at radius 1 is 1.08 bits per heavy atom. The maximum atomic E-state index is 13.6. The number of hydrogen-bond donors (Lipinski definition) is 3. The maximum absolute atomic E-state index is 13.6. The van der Waals surface area contributed by atoms with Crippen LogP contribution in [-0.4, -0.2) is 55.7 Å². The zero-order valence-electron chi connectivity index (χ0n) is 22.3.